The first kappa shape index (κ1) is 11.5. The maximum atomic E-state index is 11.5. The fourth-order valence-electron chi connectivity index (χ4n) is 1.20. The number of hydrogen-bond donors (Lipinski definition) is 2. The first-order valence-corrected chi connectivity index (χ1v) is 4.63. The van der Waals surface area contributed by atoms with Crippen LogP contribution in [0.3, 0.4) is 0 Å². The molecule has 0 spiro atoms. The van der Waals surface area contributed by atoms with E-state index in [1.54, 1.807) is 6.92 Å². The van der Waals surface area contributed by atoms with E-state index in [4.69, 9.17) is 10.2 Å². The van der Waals surface area contributed by atoms with Gasteiger partial charge in [0.1, 0.15) is 5.56 Å². The topological polar surface area (TPSA) is 79.5 Å². The molecule has 0 amide bonds. The van der Waals surface area contributed by atoms with Crippen molar-refractivity contribution in [1.82, 2.24) is 4.57 Å². The van der Waals surface area contributed by atoms with Gasteiger partial charge in [0.05, 0.1) is 6.10 Å². The molecule has 0 aliphatic carbocycles. The lowest BCUT2D eigenvalue weighted by Crippen LogP contribution is -2.26. The zero-order chi connectivity index (χ0) is 11.4. The lowest BCUT2D eigenvalue weighted by atomic mass is 10.2. The molecule has 1 heterocycles. The minimum atomic E-state index is -1.23. The number of carboxylic acids is 1. The molecule has 1 aromatic heterocycles. The van der Waals surface area contributed by atoms with Crippen molar-refractivity contribution in [3.8, 4) is 0 Å². The molecule has 1 aromatic rings. The summed E-state index contributed by atoms with van der Waals surface area (Å²) in [5.74, 6) is -1.23. The van der Waals surface area contributed by atoms with Gasteiger partial charge in [0.2, 0.25) is 0 Å². The Hall–Kier alpha value is -1.62. The average Bonchev–Trinajstić information content (AvgIpc) is 2.15. The summed E-state index contributed by atoms with van der Waals surface area (Å²) in [5.41, 5.74) is -0.784. The number of aromatic nitrogens is 1. The summed E-state index contributed by atoms with van der Waals surface area (Å²) in [6.07, 6.45) is 1.42. The van der Waals surface area contributed by atoms with Crippen LogP contribution in [0.4, 0.5) is 0 Å². The van der Waals surface area contributed by atoms with E-state index in [0.29, 0.717) is 13.0 Å². The summed E-state index contributed by atoms with van der Waals surface area (Å²) < 4.78 is 1.29. The smallest absolute Gasteiger partial charge is 0.341 e. The van der Waals surface area contributed by atoms with E-state index in [-0.39, 0.29) is 5.56 Å². The van der Waals surface area contributed by atoms with Crippen LogP contribution in [0, 0.1) is 0 Å². The second kappa shape index (κ2) is 4.75. The maximum absolute atomic E-state index is 11.5. The molecule has 2 N–H and O–H groups in total. The number of rotatable bonds is 4. The lowest BCUT2D eigenvalue weighted by Gasteiger charge is -2.07. The minimum Gasteiger partial charge on any atom is -0.477 e. The number of aliphatic hydroxyl groups is 1. The Morgan fingerprint density at radius 2 is 2.27 bits per heavy atom. The highest BCUT2D eigenvalue weighted by Crippen LogP contribution is 1.96. The molecule has 0 fully saturated rings. The normalized spacial score (nSPS) is 12.4. The van der Waals surface area contributed by atoms with Crippen molar-refractivity contribution < 1.29 is 15.0 Å². The molecule has 0 saturated carbocycles. The van der Waals surface area contributed by atoms with E-state index >= 15 is 0 Å². The fraction of sp³-hybridized carbons (Fsp3) is 0.400. The van der Waals surface area contributed by atoms with E-state index in [2.05, 4.69) is 0 Å². The number of carbonyl (C=O) groups is 1. The lowest BCUT2D eigenvalue weighted by molar-refractivity contribution is 0.0694. The first-order valence-electron chi connectivity index (χ1n) is 4.63. The molecule has 0 aliphatic heterocycles. The Balaban J connectivity index is 2.95. The number of aromatic carboxylic acids is 1. The molecular formula is C10H13NO4. The van der Waals surface area contributed by atoms with Crippen LogP contribution in [0.1, 0.15) is 23.7 Å². The van der Waals surface area contributed by atoms with Crippen molar-refractivity contribution in [1.29, 1.82) is 0 Å². The summed E-state index contributed by atoms with van der Waals surface area (Å²) in [6, 6.07) is 2.77. The third-order valence-corrected chi connectivity index (χ3v) is 2.04. The number of carboxylic acid groups (broad SMARTS) is 1. The van der Waals surface area contributed by atoms with Gasteiger partial charge in [0, 0.05) is 12.7 Å². The Morgan fingerprint density at radius 3 is 2.80 bits per heavy atom. The minimum absolute atomic E-state index is 0.247. The van der Waals surface area contributed by atoms with Gasteiger partial charge in [0.15, 0.2) is 0 Å². The van der Waals surface area contributed by atoms with Crippen molar-refractivity contribution in [3.05, 3.63) is 34.2 Å². The van der Waals surface area contributed by atoms with Gasteiger partial charge in [-0.15, -0.1) is 0 Å². The van der Waals surface area contributed by atoms with Gasteiger partial charge in [0.25, 0.3) is 5.56 Å². The summed E-state index contributed by atoms with van der Waals surface area (Å²) in [5, 5.41) is 17.8. The molecule has 15 heavy (non-hydrogen) atoms. The van der Waals surface area contributed by atoms with E-state index in [0.717, 1.165) is 0 Å². The number of hydrogen-bond acceptors (Lipinski definition) is 3. The van der Waals surface area contributed by atoms with E-state index in [1.165, 1.54) is 22.9 Å². The molecule has 5 nitrogen and oxygen atoms in total. The van der Waals surface area contributed by atoms with E-state index in [1.807, 2.05) is 0 Å². The zero-order valence-electron chi connectivity index (χ0n) is 8.38. The van der Waals surface area contributed by atoms with Gasteiger partial charge in [-0.1, -0.05) is 0 Å². The molecule has 1 unspecified atom stereocenters. The van der Waals surface area contributed by atoms with Crippen molar-refractivity contribution in [2.75, 3.05) is 0 Å². The van der Waals surface area contributed by atoms with Gasteiger partial charge in [-0.2, -0.15) is 0 Å². The highest BCUT2D eigenvalue weighted by molar-refractivity contribution is 5.86. The Morgan fingerprint density at radius 1 is 1.60 bits per heavy atom. The monoisotopic (exact) mass is 211 g/mol. The van der Waals surface area contributed by atoms with Gasteiger partial charge in [-0.3, -0.25) is 4.79 Å². The second-order valence-electron chi connectivity index (χ2n) is 3.36. The van der Waals surface area contributed by atoms with Crippen molar-refractivity contribution in [3.63, 3.8) is 0 Å². The van der Waals surface area contributed by atoms with E-state index < -0.39 is 17.6 Å². The molecular weight excluding hydrogens is 198 g/mol. The van der Waals surface area contributed by atoms with Crippen molar-refractivity contribution >= 4 is 5.97 Å². The molecule has 0 aliphatic rings. The zero-order valence-corrected chi connectivity index (χ0v) is 8.38. The van der Waals surface area contributed by atoms with Gasteiger partial charge >= 0.3 is 5.97 Å². The maximum Gasteiger partial charge on any atom is 0.341 e. The van der Waals surface area contributed by atoms with Crippen LogP contribution >= 0.6 is 0 Å². The molecule has 5 heteroatoms. The quantitative estimate of drug-likeness (QED) is 0.751. The summed E-state index contributed by atoms with van der Waals surface area (Å²) >= 11 is 0. The predicted molar refractivity (Wildman–Crippen MR) is 54.0 cm³/mol. The highest BCUT2D eigenvalue weighted by atomic mass is 16.4. The van der Waals surface area contributed by atoms with Crippen LogP contribution in [-0.4, -0.2) is 26.9 Å². The number of aliphatic hydroxyl groups excluding tert-OH is 1. The Labute approximate surface area is 86.6 Å². The van der Waals surface area contributed by atoms with Crippen molar-refractivity contribution in [2.45, 2.75) is 26.0 Å². The van der Waals surface area contributed by atoms with Crippen LogP contribution in [0.2, 0.25) is 0 Å². The number of aryl methyl sites for hydroxylation is 1. The first-order chi connectivity index (χ1) is 7.02. The second-order valence-corrected chi connectivity index (χ2v) is 3.36. The van der Waals surface area contributed by atoms with Crippen molar-refractivity contribution in [2.24, 2.45) is 0 Å². The fourth-order valence-corrected chi connectivity index (χ4v) is 1.20. The van der Waals surface area contributed by atoms with Crippen LogP contribution in [0.25, 0.3) is 0 Å². The van der Waals surface area contributed by atoms with Crippen LogP contribution in [0.15, 0.2) is 23.1 Å². The van der Waals surface area contributed by atoms with Crippen LogP contribution in [0.5, 0.6) is 0 Å². The van der Waals surface area contributed by atoms with E-state index in [9.17, 15) is 9.59 Å². The third-order valence-electron chi connectivity index (χ3n) is 2.04. The number of pyridine rings is 1. The molecule has 1 rings (SSSR count). The highest BCUT2D eigenvalue weighted by Gasteiger charge is 2.09. The molecule has 0 bridgehead atoms. The Kier molecular flexibility index (Phi) is 3.62. The summed E-state index contributed by atoms with van der Waals surface area (Å²) in [4.78, 5) is 22.2. The van der Waals surface area contributed by atoms with Gasteiger partial charge in [-0.05, 0) is 25.5 Å². The summed E-state index contributed by atoms with van der Waals surface area (Å²) in [6.45, 7) is 1.93. The Bertz CT molecular complexity index is 408. The molecule has 82 valence electrons. The molecule has 0 saturated heterocycles. The summed E-state index contributed by atoms with van der Waals surface area (Å²) in [7, 11) is 0. The largest absolute Gasteiger partial charge is 0.477 e. The molecule has 1 atom stereocenters. The standard InChI is InChI=1S/C10H13NO4/c1-7(12)4-6-11-5-2-3-8(9(11)13)10(14)15/h2-3,5,7,12H,4,6H2,1H3,(H,14,15). The number of nitrogens with zero attached hydrogens (tertiary/aromatic N) is 1. The third kappa shape index (κ3) is 2.92. The van der Waals surface area contributed by atoms with Gasteiger partial charge < -0.3 is 14.8 Å². The van der Waals surface area contributed by atoms with Gasteiger partial charge in [-0.25, -0.2) is 4.79 Å². The SMILES string of the molecule is CC(O)CCn1cccc(C(=O)O)c1=O. The molecule has 0 radical (unpaired) electrons. The van der Waals surface area contributed by atoms with Crippen LogP contribution in [-0.2, 0) is 6.54 Å². The molecule has 0 aromatic carbocycles. The van der Waals surface area contributed by atoms with Crippen LogP contribution < -0.4 is 5.56 Å². The predicted octanol–water partition coefficient (Wildman–Crippen LogP) is 0.317. The average molecular weight is 211 g/mol.